The van der Waals surface area contributed by atoms with Gasteiger partial charge in [-0.3, -0.25) is 4.90 Å². The lowest BCUT2D eigenvalue weighted by Gasteiger charge is -2.33. The molecule has 2 aromatic rings. The van der Waals surface area contributed by atoms with E-state index >= 15 is 0 Å². The Morgan fingerprint density at radius 3 is 2.48 bits per heavy atom. The number of likely N-dealkylation sites (tertiary alicyclic amines) is 1. The molecular weight excluding hydrogens is 484 g/mol. The predicted octanol–water partition coefficient (Wildman–Crippen LogP) is 2.60. The van der Waals surface area contributed by atoms with Crippen LogP contribution in [-0.2, 0) is 20.1 Å². The van der Waals surface area contributed by atoms with Gasteiger partial charge in [0.1, 0.15) is 18.2 Å². The van der Waals surface area contributed by atoms with Crippen molar-refractivity contribution in [2.75, 3.05) is 19.6 Å². The normalized spacial score (nSPS) is 15.8. The first kappa shape index (κ1) is 23.5. The molecule has 0 radical (unpaired) electrons. The van der Waals surface area contributed by atoms with E-state index in [0.717, 1.165) is 62.2 Å². The fraction of sp³-hybridized carbons (Fsp3) is 0.550. The smallest absolute Gasteiger partial charge is 0.191 e. The Bertz CT molecular complexity index is 783. The summed E-state index contributed by atoms with van der Waals surface area (Å²) < 4.78 is 15.0. The number of rotatable bonds is 6. The molecule has 3 rings (SSSR count). The van der Waals surface area contributed by atoms with Crippen LogP contribution in [0.3, 0.4) is 0 Å². The number of nitrogens with one attached hydrogen (secondary N) is 2. The number of aromatic nitrogens is 3. The van der Waals surface area contributed by atoms with Gasteiger partial charge in [0.15, 0.2) is 11.8 Å². The minimum atomic E-state index is -0.182. The van der Waals surface area contributed by atoms with Crippen LogP contribution in [0, 0.1) is 12.7 Å². The quantitative estimate of drug-likeness (QED) is 0.352. The van der Waals surface area contributed by atoms with Crippen LogP contribution in [0.15, 0.2) is 29.3 Å². The molecule has 0 bridgehead atoms. The number of hydrogen-bond acceptors (Lipinski definition) is 4. The van der Waals surface area contributed by atoms with Gasteiger partial charge in [-0.25, -0.2) is 9.38 Å². The highest BCUT2D eigenvalue weighted by Crippen LogP contribution is 2.14. The predicted molar refractivity (Wildman–Crippen MR) is 124 cm³/mol. The number of hydrogen-bond donors (Lipinski definition) is 2. The maximum Gasteiger partial charge on any atom is 0.191 e. The summed E-state index contributed by atoms with van der Waals surface area (Å²) in [6, 6.07) is 7.18. The highest BCUT2D eigenvalue weighted by molar-refractivity contribution is 14.0. The third-order valence-corrected chi connectivity index (χ3v) is 5.15. The Balaban J connectivity index is 0.00000300. The van der Waals surface area contributed by atoms with Crippen molar-refractivity contribution < 1.29 is 4.39 Å². The van der Waals surface area contributed by atoms with E-state index in [4.69, 9.17) is 0 Å². The fourth-order valence-electron chi connectivity index (χ4n) is 3.34. The van der Waals surface area contributed by atoms with Crippen LogP contribution >= 0.6 is 24.0 Å². The fourth-order valence-corrected chi connectivity index (χ4v) is 3.34. The molecule has 0 saturated carbocycles. The second-order valence-corrected chi connectivity index (χ2v) is 7.24. The van der Waals surface area contributed by atoms with Crippen LogP contribution in [0.5, 0.6) is 0 Å². The number of halogens is 2. The van der Waals surface area contributed by atoms with Gasteiger partial charge in [0.2, 0.25) is 0 Å². The molecule has 1 aromatic carbocycles. The Kier molecular flexibility index (Phi) is 9.28. The molecule has 29 heavy (non-hydrogen) atoms. The molecule has 0 spiro atoms. The number of benzene rings is 1. The van der Waals surface area contributed by atoms with Gasteiger partial charge in [0, 0.05) is 39.3 Å². The molecule has 0 unspecified atom stereocenters. The van der Waals surface area contributed by atoms with Crippen LogP contribution in [0.1, 0.15) is 37.0 Å². The molecule has 1 aliphatic heterocycles. The standard InChI is InChI=1S/C20H30FN7.HI/c1-4-22-20(23-13-19-26-25-15(2)27(19)3)24-18-9-11-28(12-10-18)14-16-5-7-17(21)8-6-16;/h5-8,18H,4,9-14H2,1-3H3,(H2,22,23,24);1H. The first-order chi connectivity index (χ1) is 13.5. The molecule has 1 saturated heterocycles. The van der Waals surface area contributed by atoms with Gasteiger partial charge in [-0.05, 0) is 44.4 Å². The molecule has 7 nitrogen and oxygen atoms in total. The van der Waals surface area contributed by atoms with Crippen molar-refractivity contribution in [3.05, 3.63) is 47.3 Å². The average Bonchev–Trinajstić information content (AvgIpc) is 3.01. The summed E-state index contributed by atoms with van der Waals surface area (Å²) in [4.78, 5) is 7.08. The van der Waals surface area contributed by atoms with E-state index < -0.39 is 0 Å². The molecule has 0 amide bonds. The Hall–Kier alpha value is -1.75. The third kappa shape index (κ3) is 6.91. The van der Waals surface area contributed by atoms with Crippen molar-refractivity contribution in [1.29, 1.82) is 0 Å². The minimum Gasteiger partial charge on any atom is -0.357 e. The van der Waals surface area contributed by atoms with E-state index in [1.165, 1.54) is 12.1 Å². The maximum atomic E-state index is 13.0. The first-order valence-corrected chi connectivity index (χ1v) is 9.91. The number of guanidine groups is 1. The average molecular weight is 515 g/mol. The number of aliphatic imine (C=N–C) groups is 1. The zero-order chi connectivity index (χ0) is 19.9. The third-order valence-electron chi connectivity index (χ3n) is 5.15. The molecule has 2 N–H and O–H groups in total. The zero-order valence-corrected chi connectivity index (χ0v) is 19.7. The van der Waals surface area contributed by atoms with E-state index in [-0.39, 0.29) is 29.8 Å². The first-order valence-electron chi connectivity index (χ1n) is 9.91. The molecular formula is C20H31FIN7. The van der Waals surface area contributed by atoms with Crippen LogP contribution in [-0.4, -0.2) is 51.3 Å². The summed E-state index contributed by atoms with van der Waals surface area (Å²) in [5.41, 5.74) is 1.15. The van der Waals surface area contributed by atoms with Gasteiger partial charge in [0.05, 0.1) is 0 Å². The van der Waals surface area contributed by atoms with Crippen molar-refractivity contribution in [2.24, 2.45) is 12.0 Å². The molecule has 0 aliphatic carbocycles. The Morgan fingerprint density at radius 1 is 1.21 bits per heavy atom. The van der Waals surface area contributed by atoms with Crippen molar-refractivity contribution in [1.82, 2.24) is 30.3 Å². The van der Waals surface area contributed by atoms with Gasteiger partial charge in [-0.2, -0.15) is 0 Å². The van der Waals surface area contributed by atoms with E-state index in [2.05, 4.69) is 37.6 Å². The van der Waals surface area contributed by atoms with Crippen molar-refractivity contribution >= 4 is 29.9 Å². The summed E-state index contributed by atoms with van der Waals surface area (Å²) >= 11 is 0. The van der Waals surface area contributed by atoms with Gasteiger partial charge >= 0.3 is 0 Å². The van der Waals surface area contributed by atoms with E-state index in [1.54, 1.807) is 0 Å². The molecule has 1 aromatic heterocycles. The Morgan fingerprint density at radius 2 is 1.90 bits per heavy atom. The SMILES string of the molecule is CCNC(=NCc1nnc(C)n1C)NC1CCN(Cc2ccc(F)cc2)CC1.I. The summed E-state index contributed by atoms with van der Waals surface area (Å²) in [7, 11) is 1.96. The van der Waals surface area contributed by atoms with E-state index in [0.29, 0.717) is 12.6 Å². The summed E-state index contributed by atoms with van der Waals surface area (Å²) in [5, 5.41) is 15.1. The summed E-state index contributed by atoms with van der Waals surface area (Å²) in [5.74, 6) is 2.37. The Labute approximate surface area is 189 Å². The molecule has 0 atom stereocenters. The van der Waals surface area contributed by atoms with Crippen LogP contribution in [0.4, 0.5) is 4.39 Å². The number of piperidine rings is 1. The topological polar surface area (TPSA) is 70.4 Å². The molecule has 160 valence electrons. The maximum absolute atomic E-state index is 13.0. The molecule has 1 fully saturated rings. The van der Waals surface area contributed by atoms with Crippen LogP contribution in [0.2, 0.25) is 0 Å². The molecule has 9 heteroatoms. The second-order valence-electron chi connectivity index (χ2n) is 7.24. The highest BCUT2D eigenvalue weighted by Gasteiger charge is 2.20. The van der Waals surface area contributed by atoms with E-state index in [9.17, 15) is 4.39 Å². The monoisotopic (exact) mass is 515 g/mol. The van der Waals surface area contributed by atoms with Crippen molar-refractivity contribution in [2.45, 2.75) is 45.8 Å². The minimum absolute atomic E-state index is 0. The lowest BCUT2D eigenvalue weighted by Crippen LogP contribution is -2.48. The van der Waals surface area contributed by atoms with Crippen molar-refractivity contribution in [3.63, 3.8) is 0 Å². The summed E-state index contributed by atoms with van der Waals surface area (Å²) in [6.45, 7) is 8.20. The van der Waals surface area contributed by atoms with E-state index in [1.807, 2.05) is 30.7 Å². The second kappa shape index (κ2) is 11.4. The summed E-state index contributed by atoms with van der Waals surface area (Å²) in [6.07, 6.45) is 2.10. The van der Waals surface area contributed by atoms with Gasteiger partial charge in [-0.1, -0.05) is 12.1 Å². The lowest BCUT2D eigenvalue weighted by atomic mass is 10.0. The highest BCUT2D eigenvalue weighted by atomic mass is 127. The van der Waals surface area contributed by atoms with Crippen molar-refractivity contribution in [3.8, 4) is 0 Å². The van der Waals surface area contributed by atoms with Crippen LogP contribution < -0.4 is 10.6 Å². The van der Waals surface area contributed by atoms with Gasteiger partial charge in [-0.15, -0.1) is 34.2 Å². The lowest BCUT2D eigenvalue weighted by molar-refractivity contribution is 0.198. The zero-order valence-electron chi connectivity index (χ0n) is 17.4. The molecule has 2 heterocycles. The number of nitrogens with zero attached hydrogens (tertiary/aromatic N) is 5. The van der Waals surface area contributed by atoms with Gasteiger partial charge < -0.3 is 15.2 Å². The van der Waals surface area contributed by atoms with Gasteiger partial charge in [0.25, 0.3) is 0 Å². The molecule has 1 aliphatic rings. The largest absolute Gasteiger partial charge is 0.357 e. The number of aryl methyl sites for hydroxylation is 1. The van der Waals surface area contributed by atoms with Crippen LogP contribution in [0.25, 0.3) is 0 Å².